The molecule has 0 aromatic heterocycles. The van der Waals surface area contributed by atoms with Gasteiger partial charge in [0.2, 0.25) is 0 Å². The maximum atomic E-state index is 12.3. The summed E-state index contributed by atoms with van der Waals surface area (Å²) in [6, 6.07) is 6.93. The molecule has 0 aliphatic heterocycles. The van der Waals surface area contributed by atoms with E-state index in [4.69, 9.17) is 69.6 Å². The van der Waals surface area contributed by atoms with Gasteiger partial charge in [0.25, 0.3) is 19.4 Å². The van der Waals surface area contributed by atoms with E-state index >= 15 is 0 Å². The van der Waals surface area contributed by atoms with Gasteiger partial charge < -0.3 is 10.6 Å². The van der Waals surface area contributed by atoms with Gasteiger partial charge in [0.1, 0.15) is 0 Å². The molecule has 0 bridgehead atoms. The van der Waals surface area contributed by atoms with Crippen LogP contribution in [0.25, 0.3) is 0 Å². The highest BCUT2D eigenvalue weighted by molar-refractivity contribution is 7.85. The molecular weight excluding hydrogens is 525 g/mol. The molecule has 1 aromatic carbocycles. The summed E-state index contributed by atoms with van der Waals surface area (Å²) in [5, 5.41) is 4.85. The normalized spacial score (nSPS) is 15.4. The number of carbonyl (C=O) groups is 2. The van der Waals surface area contributed by atoms with Gasteiger partial charge in [-0.15, -0.1) is 6.58 Å². The first-order valence-corrected chi connectivity index (χ1v) is 11.4. The van der Waals surface area contributed by atoms with Crippen LogP contribution in [0.1, 0.15) is 0 Å². The van der Waals surface area contributed by atoms with Crippen molar-refractivity contribution in [1.82, 2.24) is 10.6 Å². The Morgan fingerprint density at radius 3 is 1.90 bits per heavy atom. The molecule has 0 spiro atoms. The van der Waals surface area contributed by atoms with Crippen molar-refractivity contribution in [3.05, 3.63) is 55.1 Å². The minimum atomic E-state index is -2.25. The highest BCUT2D eigenvalue weighted by atomic mass is 35.6. The molecule has 1 rings (SSSR count). The van der Waals surface area contributed by atoms with Crippen molar-refractivity contribution in [3.8, 4) is 0 Å². The Hall–Kier alpha value is -0.470. The number of hydrogen-bond acceptors (Lipinski definition) is 3. The topological polar surface area (TPSA) is 75.3 Å². The van der Waals surface area contributed by atoms with Crippen LogP contribution in [0.2, 0.25) is 0 Å². The molecule has 0 saturated heterocycles. The van der Waals surface area contributed by atoms with E-state index in [0.29, 0.717) is 4.90 Å². The highest BCUT2D eigenvalue weighted by Gasteiger charge is 2.36. The zero-order chi connectivity index (χ0) is 22.2. The van der Waals surface area contributed by atoms with Crippen LogP contribution < -0.4 is 10.6 Å². The van der Waals surface area contributed by atoms with E-state index < -0.39 is 42.3 Å². The van der Waals surface area contributed by atoms with Gasteiger partial charge in [-0.05, 0) is 12.1 Å². The van der Waals surface area contributed by atoms with Gasteiger partial charge in [-0.1, -0.05) is 106 Å². The number of hydrogen-bond donors (Lipinski definition) is 2. The zero-order valence-electron chi connectivity index (χ0n) is 14.6. The summed E-state index contributed by atoms with van der Waals surface area (Å²) >= 11 is 33.4. The monoisotopic (exact) mass is 538 g/mol. The van der Waals surface area contributed by atoms with Crippen molar-refractivity contribution in [3.63, 3.8) is 0 Å². The summed E-state index contributed by atoms with van der Waals surface area (Å²) in [5.41, 5.74) is 0. The molecule has 1 aromatic rings. The van der Waals surface area contributed by atoms with E-state index in [9.17, 15) is 13.8 Å². The lowest BCUT2D eigenvalue weighted by Gasteiger charge is -2.26. The lowest BCUT2D eigenvalue weighted by molar-refractivity contribution is -0.123. The summed E-state index contributed by atoms with van der Waals surface area (Å²) in [6.07, 6.45) is 4.32. The highest BCUT2D eigenvalue weighted by Crippen LogP contribution is 2.27. The van der Waals surface area contributed by atoms with Gasteiger partial charge in [0.15, 0.2) is 0 Å². The molecule has 0 radical (unpaired) electrons. The summed E-state index contributed by atoms with van der Waals surface area (Å²) < 4.78 is 7.84. The van der Waals surface area contributed by atoms with E-state index in [1.807, 2.05) is 0 Å². The Morgan fingerprint density at radius 1 is 0.966 bits per heavy atom. The number of alkyl halides is 6. The quantitative estimate of drug-likeness (QED) is 0.382. The van der Waals surface area contributed by atoms with E-state index in [1.54, 1.807) is 36.4 Å². The Labute approximate surface area is 201 Å². The fourth-order valence-electron chi connectivity index (χ4n) is 1.98. The number of amides is 2. The summed E-state index contributed by atoms with van der Waals surface area (Å²) in [7, 11) is -1.32. The molecule has 160 valence electrons. The van der Waals surface area contributed by atoms with Crippen molar-refractivity contribution in [2.75, 3.05) is 5.75 Å². The number of nitrogens with one attached hydrogen (secondary N) is 2. The lowest BCUT2D eigenvalue weighted by Crippen LogP contribution is -2.54. The second-order valence-electron chi connectivity index (χ2n) is 5.48. The van der Waals surface area contributed by atoms with E-state index in [-0.39, 0.29) is 5.75 Å². The molecule has 0 saturated carbocycles. The number of benzene rings is 1. The van der Waals surface area contributed by atoms with Crippen LogP contribution in [-0.2, 0) is 20.4 Å². The Morgan fingerprint density at radius 2 is 1.45 bits per heavy atom. The molecule has 2 amide bonds. The first-order valence-electron chi connectivity index (χ1n) is 7.84. The van der Waals surface area contributed by atoms with Gasteiger partial charge >= 0.3 is 0 Å². The molecule has 5 nitrogen and oxygen atoms in total. The van der Waals surface area contributed by atoms with Gasteiger partial charge in [-0.25, -0.2) is 0 Å². The maximum Gasteiger partial charge on any atom is 0.272 e. The zero-order valence-corrected chi connectivity index (χ0v) is 19.9. The number of rotatable bonds is 8. The Bertz CT molecular complexity index is 778. The first-order chi connectivity index (χ1) is 13.4. The molecule has 0 aliphatic rings. The van der Waals surface area contributed by atoms with Crippen LogP contribution in [0.4, 0.5) is 0 Å². The molecule has 29 heavy (non-hydrogen) atoms. The second kappa shape index (κ2) is 11.8. The van der Waals surface area contributed by atoms with Gasteiger partial charge in [0.05, 0.1) is 22.9 Å². The summed E-state index contributed by atoms with van der Waals surface area (Å²) in [5.74, 6) is -1.76. The van der Waals surface area contributed by atoms with E-state index in [0.717, 1.165) is 0 Å². The standard InChI is InChI=1S/C17H16Cl6N2O3S/c1-2-12(24-14(26)16(18,19)20)13(25-15(27)17(21,22)23)9-6-10-29(28)11-7-4-3-5-8-11/h2-9,12-13H,1,10H2,(H,24,26)(H,25,27)/b9-6+/t12-,13-,29?/m1/s1. The maximum absolute atomic E-state index is 12.3. The van der Waals surface area contributed by atoms with Gasteiger partial charge in [-0.2, -0.15) is 0 Å². The smallest absolute Gasteiger partial charge is 0.272 e. The van der Waals surface area contributed by atoms with Crippen LogP contribution in [0.15, 0.2) is 60.0 Å². The molecule has 1 unspecified atom stereocenters. The third-order valence-electron chi connectivity index (χ3n) is 3.35. The van der Waals surface area contributed by atoms with Crippen molar-refractivity contribution in [2.45, 2.75) is 24.6 Å². The van der Waals surface area contributed by atoms with Crippen molar-refractivity contribution in [2.24, 2.45) is 0 Å². The predicted octanol–water partition coefficient (Wildman–Crippen LogP) is 4.25. The molecule has 0 heterocycles. The number of carbonyl (C=O) groups excluding carboxylic acids is 2. The van der Waals surface area contributed by atoms with Crippen LogP contribution in [0, 0.1) is 0 Å². The molecule has 2 N–H and O–H groups in total. The fraction of sp³-hybridized carbons (Fsp3) is 0.294. The number of halogens is 6. The minimum Gasteiger partial charge on any atom is -0.344 e. The first kappa shape index (κ1) is 26.6. The largest absolute Gasteiger partial charge is 0.344 e. The second-order valence-corrected chi connectivity index (χ2v) is 11.5. The van der Waals surface area contributed by atoms with Crippen molar-refractivity contribution >= 4 is 92.2 Å². The minimum absolute atomic E-state index is 0.131. The molecule has 0 fully saturated rings. The van der Waals surface area contributed by atoms with Gasteiger partial charge in [-0.3, -0.25) is 13.8 Å². The van der Waals surface area contributed by atoms with E-state index in [1.165, 1.54) is 12.2 Å². The molecule has 0 aliphatic carbocycles. The summed E-state index contributed by atoms with van der Waals surface area (Å²) in [6.45, 7) is 3.59. The average Bonchev–Trinajstić information content (AvgIpc) is 2.64. The van der Waals surface area contributed by atoms with Crippen LogP contribution >= 0.6 is 69.6 Å². The van der Waals surface area contributed by atoms with Crippen molar-refractivity contribution in [1.29, 1.82) is 0 Å². The van der Waals surface area contributed by atoms with Crippen molar-refractivity contribution < 1.29 is 13.8 Å². The summed E-state index contributed by atoms with van der Waals surface area (Å²) in [4.78, 5) is 24.7. The molecule has 12 heteroatoms. The Kier molecular flexibility index (Phi) is 10.8. The third-order valence-corrected chi connectivity index (χ3v) is 5.67. The van der Waals surface area contributed by atoms with Crippen LogP contribution in [-0.4, -0.2) is 41.4 Å². The molecular formula is C17H16Cl6N2O3S. The van der Waals surface area contributed by atoms with Crippen LogP contribution in [0.3, 0.4) is 0 Å². The predicted molar refractivity (Wildman–Crippen MR) is 121 cm³/mol. The third kappa shape index (κ3) is 9.47. The lowest BCUT2D eigenvalue weighted by atomic mass is 10.1. The SMILES string of the molecule is C=C[C@@H](NC(=O)C(Cl)(Cl)Cl)[C@@H](/C=C/CS(=O)c1ccccc1)NC(=O)C(Cl)(Cl)Cl. The van der Waals surface area contributed by atoms with Crippen LogP contribution in [0.5, 0.6) is 0 Å². The average molecular weight is 541 g/mol. The molecule has 3 atom stereocenters. The van der Waals surface area contributed by atoms with E-state index in [2.05, 4.69) is 17.2 Å². The van der Waals surface area contributed by atoms with Gasteiger partial charge in [0, 0.05) is 10.6 Å². The fourth-order valence-corrected chi connectivity index (χ4v) is 3.24. The Balaban J connectivity index is 2.99.